The highest BCUT2D eigenvalue weighted by Crippen LogP contribution is 2.20. The molecule has 4 rings (SSSR count). The molecule has 0 radical (unpaired) electrons. The monoisotopic (exact) mass is 338 g/mol. The first kappa shape index (κ1) is 15.5. The van der Waals surface area contributed by atoms with E-state index in [1.54, 1.807) is 18.7 Å². The number of aromatic nitrogens is 5. The molecule has 25 heavy (non-hydrogen) atoms. The van der Waals surface area contributed by atoms with Crippen molar-refractivity contribution >= 4 is 22.9 Å². The van der Waals surface area contributed by atoms with Crippen LogP contribution in [-0.4, -0.2) is 56.5 Å². The third-order valence-electron chi connectivity index (χ3n) is 4.21. The number of anilines is 1. The lowest BCUT2D eigenvalue weighted by Gasteiger charge is -2.33. The van der Waals surface area contributed by atoms with Crippen LogP contribution in [0.4, 0.5) is 5.82 Å². The molecule has 9 nitrogen and oxygen atoms in total. The van der Waals surface area contributed by atoms with Crippen LogP contribution in [-0.2, 0) is 11.3 Å². The highest BCUT2D eigenvalue weighted by molar-refractivity contribution is 5.85. The van der Waals surface area contributed by atoms with E-state index in [4.69, 9.17) is 0 Å². The molecule has 0 bridgehead atoms. The third kappa shape index (κ3) is 3.26. The number of amides is 1. The molecule has 1 atom stereocenters. The first-order valence-electron chi connectivity index (χ1n) is 8.10. The van der Waals surface area contributed by atoms with E-state index in [1.807, 2.05) is 12.1 Å². The Morgan fingerprint density at radius 3 is 3.04 bits per heavy atom. The second-order valence-corrected chi connectivity index (χ2v) is 5.82. The van der Waals surface area contributed by atoms with Gasteiger partial charge in [-0.05, 0) is 17.7 Å². The van der Waals surface area contributed by atoms with E-state index in [0.717, 1.165) is 23.4 Å². The minimum atomic E-state index is -0.302. The molecule has 1 aliphatic rings. The number of piperazine rings is 1. The molecule has 1 fully saturated rings. The van der Waals surface area contributed by atoms with Gasteiger partial charge in [-0.2, -0.15) is 0 Å². The maximum Gasteiger partial charge on any atom is 0.239 e. The van der Waals surface area contributed by atoms with Gasteiger partial charge in [0.25, 0.3) is 0 Å². The van der Waals surface area contributed by atoms with Gasteiger partial charge in [-0.25, -0.2) is 15.0 Å². The lowest BCUT2D eigenvalue weighted by molar-refractivity contribution is -0.123. The van der Waals surface area contributed by atoms with Crippen molar-refractivity contribution in [2.45, 2.75) is 12.6 Å². The van der Waals surface area contributed by atoms with Crippen LogP contribution in [0.1, 0.15) is 5.56 Å². The largest absolute Gasteiger partial charge is 0.351 e. The number of fused-ring (bicyclic) bond motifs is 1. The van der Waals surface area contributed by atoms with Crippen molar-refractivity contribution in [1.82, 2.24) is 35.6 Å². The van der Waals surface area contributed by atoms with Crippen molar-refractivity contribution in [2.75, 3.05) is 24.5 Å². The number of hydrogen-bond acceptors (Lipinski definition) is 7. The van der Waals surface area contributed by atoms with Gasteiger partial charge in [-0.3, -0.25) is 9.78 Å². The van der Waals surface area contributed by atoms with Crippen LogP contribution in [0.25, 0.3) is 11.2 Å². The van der Waals surface area contributed by atoms with E-state index in [0.29, 0.717) is 25.3 Å². The van der Waals surface area contributed by atoms with Crippen molar-refractivity contribution in [1.29, 1.82) is 0 Å². The minimum Gasteiger partial charge on any atom is -0.351 e. The van der Waals surface area contributed by atoms with Crippen molar-refractivity contribution < 1.29 is 4.79 Å². The van der Waals surface area contributed by atoms with Crippen LogP contribution in [0.5, 0.6) is 0 Å². The lowest BCUT2D eigenvalue weighted by atomic mass is 10.2. The molecule has 0 saturated carbocycles. The molecular weight excluding hydrogens is 320 g/mol. The Labute approximate surface area is 143 Å². The maximum absolute atomic E-state index is 12.5. The lowest BCUT2D eigenvalue weighted by Crippen LogP contribution is -2.57. The third-order valence-corrected chi connectivity index (χ3v) is 4.21. The molecule has 4 heterocycles. The minimum absolute atomic E-state index is 0.0311. The van der Waals surface area contributed by atoms with Gasteiger partial charge < -0.3 is 20.5 Å². The summed E-state index contributed by atoms with van der Waals surface area (Å²) in [5.41, 5.74) is 2.44. The summed E-state index contributed by atoms with van der Waals surface area (Å²) in [7, 11) is 0. The van der Waals surface area contributed by atoms with E-state index in [9.17, 15) is 4.79 Å². The molecule has 3 aromatic heterocycles. The van der Waals surface area contributed by atoms with E-state index >= 15 is 0 Å². The van der Waals surface area contributed by atoms with Crippen LogP contribution >= 0.6 is 0 Å². The SMILES string of the molecule is O=C(NCc1ccncc1)C1CN(c2ncnc3nc[nH]c23)CCN1. The van der Waals surface area contributed by atoms with Crippen LogP contribution in [0.3, 0.4) is 0 Å². The van der Waals surface area contributed by atoms with Crippen molar-refractivity contribution in [3.05, 3.63) is 42.7 Å². The predicted molar refractivity (Wildman–Crippen MR) is 91.8 cm³/mol. The Morgan fingerprint density at radius 2 is 2.16 bits per heavy atom. The van der Waals surface area contributed by atoms with E-state index < -0.39 is 0 Å². The Balaban J connectivity index is 1.44. The molecule has 1 saturated heterocycles. The smallest absolute Gasteiger partial charge is 0.239 e. The van der Waals surface area contributed by atoms with Gasteiger partial charge >= 0.3 is 0 Å². The van der Waals surface area contributed by atoms with Crippen LogP contribution < -0.4 is 15.5 Å². The Bertz CT molecular complexity index is 865. The number of carbonyl (C=O) groups excluding carboxylic acids is 1. The first-order valence-corrected chi connectivity index (χ1v) is 8.10. The number of rotatable bonds is 4. The number of nitrogens with zero attached hydrogens (tertiary/aromatic N) is 5. The topological polar surface area (TPSA) is 112 Å². The molecular formula is C16H18N8O. The quantitative estimate of drug-likeness (QED) is 0.606. The Hall–Kier alpha value is -3.07. The highest BCUT2D eigenvalue weighted by Gasteiger charge is 2.27. The molecule has 3 aromatic rings. The van der Waals surface area contributed by atoms with Gasteiger partial charge in [0.15, 0.2) is 11.5 Å². The number of hydrogen-bond donors (Lipinski definition) is 3. The zero-order valence-corrected chi connectivity index (χ0v) is 13.5. The summed E-state index contributed by atoms with van der Waals surface area (Å²) < 4.78 is 0. The second-order valence-electron chi connectivity index (χ2n) is 5.82. The average molecular weight is 338 g/mol. The molecule has 128 valence electrons. The summed E-state index contributed by atoms with van der Waals surface area (Å²) in [4.78, 5) is 34.3. The normalized spacial score (nSPS) is 17.6. The average Bonchev–Trinajstić information content (AvgIpc) is 3.16. The van der Waals surface area contributed by atoms with Gasteiger partial charge in [-0.15, -0.1) is 0 Å². The van der Waals surface area contributed by atoms with Gasteiger partial charge in [0.1, 0.15) is 17.9 Å². The Morgan fingerprint density at radius 1 is 1.28 bits per heavy atom. The van der Waals surface area contributed by atoms with E-state index in [1.165, 1.54) is 6.33 Å². The predicted octanol–water partition coefficient (Wildman–Crippen LogP) is -0.158. The van der Waals surface area contributed by atoms with Crippen LogP contribution in [0, 0.1) is 0 Å². The maximum atomic E-state index is 12.5. The zero-order chi connectivity index (χ0) is 17.1. The summed E-state index contributed by atoms with van der Waals surface area (Å²) >= 11 is 0. The van der Waals surface area contributed by atoms with E-state index in [-0.39, 0.29) is 11.9 Å². The second kappa shape index (κ2) is 6.81. The number of nitrogens with one attached hydrogen (secondary N) is 3. The van der Waals surface area contributed by atoms with Crippen molar-refractivity contribution in [2.24, 2.45) is 0 Å². The summed E-state index contributed by atoms with van der Waals surface area (Å²) in [6.07, 6.45) is 6.53. The van der Waals surface area contributed by atoms with Gasteiger partial charge in [0.05, 0.1) is 6.33 Å². The molecule has 0 aromatic carbocycles. The molecule has 0 aliphatic carbocycles. The molecule has 9 heteroatoms. The number of imidazole rings is 1. The molecule has 1 aliphatic heterocycles. The molecule has 3 N–H and O–H groups in total. The van der Waals surface area contributed by atoms with E-state index in [2.05, 4.69) is 40.5 Å². The molecule has 1 unspecified atom stereocenters. The van der Waals surface area contributed by atoms with Crippen molar-refractivity contribution in [3.63, 3.8) is 0 Å². The fraction of sp³-hybridized carbons (Fsp3) is 0.312. The molecule has 0 spiro atoms. The summed E-state index contributed by atoms with van der Waals surface area (Å²) in [6, 6.07) is 3.47. The fourth-order valence-electron chi connectivity index (χ4n) is 2.92. The number of aromatic amines is 1. The van der Waals surface area contributed by atoms with Crippen molar-refractivity contribution in [3.8, 4) is 0 Å². The fourth-order valence-corrected chi connectivity index (χ4v) is 2.92. The number of H-pyrrole nitrogens is 1. The van der Waals surface area contributed by atoms with Gasteiger partial charge in [0, 0.05) is 38.6 Å². The van der Waals surface area contributed by atoms with Crippen LogP contribution in [0.2, 0.25) is 0 Å². The summed E-state index contributed by atoms with van der Waals surface area (Å²) in [6.45, 7) is 2.48. The molecule has 1 amide bonds. The number of carbonyl (C=O) groups is 1. The summed E-state index contributed by atoms with van der Waals surface area (Å²) in [5.74, 6) is 0.743. The summed E-state index contributed by atoms with van der Waals surface area (Å²) in [5, 5.41) is 6.23. The van der Waals surface area contributed by atoms with Gasteiger partial charge in [0.2, 0.25) is 5.91 Å². The number of pyridine rings is 1. The van der Waals surface area contributed by atoms with Crippen LogP contribution in [0.15, 0.2) is 37.2 Å². The zero-order valence-electron chi connectivity index (χ0n) is 13.5. The Kier molecular flexibility index (Phi) is 4.21. The first-order chi connectivity index (χ1) is 12.3. The van der Waals surface area contributed by atoms with Gasteiger partial charge in [-0.1, -0.05) is 0 Å². The highest BCUT2D eigenvalue weighted by atomic mass is 16.2. The standard InChI is InChI=1S/C16H18N8O/c25-16(19-7-11-1-3-17-4-2-11)12-8-24(6-5-18-12)15-13-14(21-9-20-13)22-10-23-15/h1-4,9-10,12,18H,5-8H2,(H,19,25)(H,20,21,22,23).